The highest BCUT2D eigenvalue weighted by Crippen LogP contribution is 2.42. The van der Waals surface area contributed by atoms with Gasteiger partial charge in [0.25, 0.3) is 17.4 Å². The fourth-order valence-electron chi connectivity index (χ4n) is 5.10. The fourth-order valence-corrected chi connectivity index (χ4v) is 5.35. The molecule has 1 saturated heterocycles. The van der Waals surface area contributed by atoms with E-state index in [9.17, 15) is 36.6 Å². The van der Waals surface area contributed by atoms with Crippen LogP contribution in [0.2, 0.25) is 5.02 Å². The molecule has 1 aliphatic heterocycles. The van der Waals surface area contributed by atoms with Gasteiger partial charge < -0.3 is 24.4 Å². The van der Waals surface area contributed by atoms with Crippen molar-refractivity contribution in [1.82, 2.24) is 9.80 Å². The van der Waals surface area contributed by atoms with Crippen molar-refractivity contribution in [2.75, 3.05) is 34.3 Å². The molecule has 1 heterocycles. The third-order valence-corrected chi connectivity index (χ3v) is 7.59. The van der Waals surface area contributed by atoms with Gasteiger partial charge in [-0.3, -0.25) is 9.59 Å². The van der Waals surface area contributed by atoms with Gasteiger partial charge >= 0.3 is 12.3 Å². The maximum absolute atomic E-state index is 14.7. The first kappa shape index (κ1) is 33.4. The van der Waals surface area contributed by atoms with Crippen LogP contribution < -0.4 is 9.47 Å². The van der Waals surface area contributed by atoms with Gasteiger partial charge in [-0.05, 0) is 61.4 Å². The number of hydrogen-bond acceptors (Lipinski definition) is 5. The van der Waals surface area contributed by atoms with Crippen LogP contribution in [0.5, 0.6) is 11.5 Å². The Balaban J connectivity index is 1.59. The number of carbonyl (C=O) groups excluding carboxylic acids is 2. The molecule has 1 aliphatic rings. The summed E-state index contributed by atoms with van der Waals surface area (Å²) in [6.07, 6.45) is -8.58. The lowest BCUT2D eigenvalue weighted by molar-refractivity contribution is -0.262. The molecule has 3 rings (SSSR count). The molecule has 0 aliphatic carbocycles. The van der Waals surface area contributed by atoms with Crippen LogP contribution in [0, 0.1) is 11.8 Å². The Morgan fingerprint density at radius 2 is 1.71 bits per heavy atom. The smallest absolute Gasteiger partial charge is 0.430 e. The van der Waals surface area contributed by atoms with E-state index in [4.69, 9.17) is 21.1 Å². The number of alkyl halides is 5. The molecule has 2 amide bonds. The van der Waals surface area contributed by atoms with Gasteiger partial charge in [-0.15, -0.1) is 0 Å². The van der Waals surface area contributed by atoms with Crippen molar-refractivity contribution in [2.45, 2.75) is 50.5 Å². The van der Waals surface area contributed by atoms with Gasteiger partial charge in [0.05, 0.1) is 24.1 Å². The molecule has 2 aromatic carbocycles. The van der Waals surface area contributed by atoms with E-state index < -0.39 is 41.7 Å². The summed E-state index contributed by atoms with van der Waals surface area (Å²) in [6, 6.07) is 8.32. The van der Waals surface area contributed by atoms with E-state index in [1.54, 1.807) is 6.92 Å². The number of halogens is 6. The first-order chi connectivity index (χ1) is 19.5. The van der Waals surface area contributed by atoms with Crippen LogP contribution in [0.25, 0.3) is 0 Å². The Kier molecular flexibility index (Phi) is 10.4. The SMILES string of the molecule is COc1cccc(C(O)(C(=O)N2CCC(C[C@@H](C)CC(F)(F)Oc3ccc(C(=O)N(C)C)c(Cl)c3)CC2)C(F)(F)F)c1. The average molecular weight is 621 g/mol. The lowest BCUT2D eigenvalue weighted by Crippen LogP contribution is -2.57. The molecule has 0 saturated carbocycles. The van der Waals surface area contributed by atoms with E-state index >= 15 is 0 Å². The normalized spacial score (nSPS) is 16.9. The highest BCUT2D eigenvalue weighted by molar-refractivity contribution is 6.34. The third-order valence-electron chi connectivity index (χ3n) is 7.28. The molecule has 1 fully saturated rings. The minimum atomic E-state index is -5.29. The molecule has 2 aromatic rings. The van der Waals surface area contributed by atoms with E-state index in [1.165, 1.54) is 50.4 Å². The molecule has 232 valence electrons. The molecular weight excluding hydrogens is 587 g/mol. The number of amides is 2. The Bertz CT molecular complexity index is 1270. The average Bonchev–Trinajstić information content (AvgIpc) is 2.91. The summed E-state index contributed by atoms with van der Waals surface area (Å²) in [5.74, 6) is -2.68. The number of hydrogen-bond donors (Lipinski definition) is 1. The second-order valence-corrected chi connectivity index (χ2v) is 11.2. The molecule has 0 aromatic heterocycles. The van der Waals surface area contributed by atoms with Crippen molar-refractivity contribution in [1.29, 1.82) is 0 Å². The van der Waals surface area contributed by atoms with Gasteiger partial charge in [0.1, 0.15) is 11.5 Å². The zero-order valence-electron chi connectivity index (χ0n) is 23.7. The zero-order chi connectivity index (χ0) is 31.5. The predicted molar refractivity (Wildman–Crippen MR) is 146 cm³/mol. The van der Waals surface area contributed by atoms with Gasteiger partial charge in [-0.25, -0.2) is 0 Å². The lowest BCUT2D eigenvalue weighted by atomic mass is 9.85. The molecule has 0 spiro atoms. The number of likely N-dealkylation sites (tertiary alicyclic amines) is 1. The fraction of sp³-hybridized carbons (Fsp3) is 0.517. The van der Waals surface area contributed by atoms with Crippen LogP contribution in [-0.2, 0) is 10.4 Å². The molecule has 42 heavy (non-hydrogen) atoms. The zero-order valence-corrected chi connectivity index (χ0v) is 24.4. The van der Waals surface area contributed by atoms with Crippen molar-refractivity contribution in [3.8, 4) is 11.5 Å². The number of carbonyl (C=O) groups is 2. The second-order valence-electron chi connectivity index (χ2n) is 10.8. The van der Waals surface area contributed by atoms with Crippen molar-refractivity contribution < 1.29 is 46.1 Å². The molecule has 1 unspecified atom stereocenters. The number of nitrogens with zero attached hydrogens (tertiary/aromatic N) is 2. The molecule has 0 bridgehead atoms. The Hall–Kier alpha value is -3.12. The summed E-state index contributed by atoms with van der Waals surface area (Å²) in [7, 11) is 4.32. The maximum atomic E-state index is 14.7. The highest BCUT2D eigenvalue weighted by Gasteiger charge is 2.62. The van der Waals surface area contributed by atoms with Crippen LogP contribution in [0.3, 0.4) is 0 Å². The maximum Gasteiger partial charge on any atom is 0.430 e. The highest BCUT2D eigenvalue weighted by atomic mass is 35.5. The topological polar surface area (TPSA) is 79.3 Å². The summed E-state index contributed by atoms with van der Waals surface area (Å²) in [5, 5.41) is 10.7. The van der Waals surface area contributed by atoms with Crippen LogP contribution in [-0.4, -0.2) is 73.3 Å². The summed E-state index contributed by atoms with van der Waals surface area (Å²) in [6.45, 7) is 1.48. The number of ether oxygens (including phenoxy) is 2. The third kappa shape index (κ3) is 7.63. The molecule has 13 heteroatoms. The Labute approximate surface area is 246 Å². The standard InChI is InChI=1S/C29H34ClF5N2O5/c1-18(17-27(31,32)42-22-8-9-23(24(30)16-22)25(38)36(2)3)14-19-10-12-37(13-11-19)26(39)28(40,29(33,34)35)20-6-5-7-21(15-20)41-4/h5-9,15-16,18-19,40H,10-14,17H2,1-4H3/t18-,28?/m1/s1. The van der Waals surface area contributed by atoms with Gasteiger partial charge in [-0.1, -0.05) is 30.7 Å². The molecule has 0 radical (unpaired) electrons. The summed E-state index contributed by atoms with van der Waals surface area (Å²) in [4.78, 5) is 27.4. The minimum Gasteiger partial charge on any atom is -0.497 e. The summed E-state index contributed by atoms with van der Waals surface area (Å²) in [5.41, 5.74) is -4.27. The van der Waals surface area contributed by atoms with Gasteiger partial charge in [-0.2, -0.15) is 22.0 Å². The van der Waals surface area contributed by atoms with E-state index in [0.717, 1.165) is 23.1 Å². The van der Waals surface area contributed by atoms with Crippen LogP contribution in [0.4, 0.5) is 22.0 Å². The van der Waals surface area contributed by atoms with Gasteiger partial charge in [0, 0.05) is 32.7 Å². The van der Waals surface area contributed by atoms with Crippen LogP contribution >= 0.6 is 11.6 Å². The number of methoxy groups -OCH3 is 1. The Morgan fingerprint density at radius 1 is 1.07 bits per heavy atom. The van der Waals surface area contributed by atoms with Crippen molar-refractivity contribution in [3.63, 3.8) is 0 Å². The van der Waals surface area contributed by atoms with Gasteiger partial charge in [0.2, 0.25) is 0 Å². The quantitative estimate of drug-likeness (QED) is 0.324. The first-order valence-corrected chi connectivity index (χ1v) is 13.7. The predicted octanol–water partition coefficient (Wildman–Crippen LogP) is 6.13. The molecule has 7 nitrogen and oxygen atoms in total. The summed E-state index contributed by atoms with van der Waals surface area (Å²) >= 11 is 6.08. The largest absolute Gasteiger partial charge is 0.497 e. The number of piperidine rings is 1. The molecular formula is C29H34ClF5N2O5. The number of aliphatic hydroxyl groups is 1. The van der Waals surface area contributed by atoms with E-state index in [2.05, 4.69) is 0 Å². The lowest BCUT2D eigenvalue weighted by Gasteiger charge is -2.39. The van der Waals surface area contributed by atoms with Crippen molar-refractivity contribution in [3.05, 3.63) is 58.6 Å². The number of rotatable bonds is 10. The van der Waals surface area contributed by atoms with Crippen molar-refractivity contribution in [2.24, 2.45) is 11.8 Å². The van der Waals surface area contributed by atoms with E-state index in [0.29, 0.717) is 6.42 Å². The summed E-state index contributed by atoms with van der Waals surface area (Å²) < 4.78 is 81.4. The van der Waals surface area contributed by atoms with E-state index in [-0.39, 0.29) is 59.8 Å². The van der Waals surface area contributed by atoms with E-state index in [1.807, 2.05) is 0 Å². The molecule has 1 N–H and O–H groups in total. The monoisotopic (exact) mass is 620 g/mol. The minimum absolute atomic E-state index is 0.0276. The second kappa shape index (κ2) is 13.0. The van der Waals surface area contributed by atoms with Gasteiger partial charge in [0.15, 0.2) is 0 Å². The van der Waals surface area contributed by atoms with Crippen LogP contribution in [0.15, 0.2) is 42.5 Å². The first-order valence-electron chi connectivity index (χ1n) is 13.3. The van der Waals surface area contributed by atoms with Crippen molar-refractivity contribution >= 4 is 23.4 Å². The Morgan fingerprint density at radius 3 is 2.26 bits per heavy atom. The van der Waals surface area contributed by atoms with Crippen LogP contribution in [0.1, 0.15) is 48.5 Å². The molecule has 2 atom stereocenters. The number of benzene rings is 2.